The van der Waals surface area contributed by atoms with Gasteiger partial charge in [-0.05, 0) is 69.6 Å². The smallest absolute Gasteiger partial charge is 0.158 e. The van der Waals surface area contributed by atoms with Crippen molar-refractivity contribution in [2.24, 2.45) is 5.41 Å². The van der Waals surface area contributed by atoms with E-state index in [0.717, 1.165) is 19.3 Å². The average molecular weight is 361 g/mol. The first-order chi connectivity index (χ1) is 12.2. The van der Waals surface area contributed by atoms with Gasteiger partial charge in [0.25, 0.3) is 0 Å². The van der Waals surface area contributed by atoms with Crippen LogP contribution in [0.5, 0.6) is 0 Å². The molecule has 0 aromatic carbocycles. The third kappa shape index (κ3) is 6.53. The normalized spacial score (nSPS) is 24.8. The second kappa shape index (κ2) is 9.16. The molecule has 1 aliphatic carbocycles. The van der Waals surface area contributed by atoms with Crippen LogP contribution in [0.1, 0.15) is 66.7 Å². The molecule has 2 rings (SSSR count). The van der Waals surface area contributed by atoms with Crippen LogP contribution in [-0.2, 0) is 9.47 Å². The molecule has 1 atom stereocenters. The van der Waals surface area contributed by atoms with E-state index in [4.69, 9.17) is 9.47 Å². The Bertz CT molecular complexity index is 585. The topological polar surface area (TPSA) is 38.7 Å². The van der Waals surface area contributed by atoms with E-state index < -0.39 is 5.60 Å². The zero-order chi connectivity index (χ0) is 19.2. The lowest BCUT2D eigenvalue weighted by atomic mass is 9.72. The van der Waals surface area contributed by atoms with Crippen LogP contribution in [0.3, 0.4) is 0 Å². The van der Waals surface area contributed by atoms with Crippen LogP contribution in [-0.4, -0.2) is 30.2 Å². The Balaban J connectivity index is 1.92. The molecule has 0 aromatic heterocycles. The number of ether oxygens (including phenoxy) is 2. The molecule has 26 heavy (non-hydrogen) atoms. The Hall–Kier alpha value is -1.16. The third-order valence-electron chi connectivity index (χ3n) is 5.41. The van der Waals surface area contributed by atoms with Crippen molar-refractivity contribution in [3.63, 3.8) is 0 Å². The van der Waals surface area contributed by atoms with Gasteiger partial charge < -0.3 is 14.6 Å². The Morgan fingerprint density at radius 3 is 2.62 bits per heavy atom. The minimum absolute atomic E-state index is 0.0521. The number of aliphatic hydroxyl groups is 1. The van der Waals surface area contributed by atoms with E-state index >= 15 is 0 Å². The minimum Gasteiger partial charge on any atom is -0.382 e. The van der Waals surface area contributed by atoms with Crippen LogP contribution in [0, 0.1) is 5.41 Å². The molecule has 1 heterocycles. The van der Waals surface area contributed by atoms with Gasteiger partial charge in [0, 0.05) is 6.42 Å². The van der Waals surface area contributed by atoms with Crippen molar-refractivity contribution in [1.29, 1.82) is 0 Å². The monoisotopic (exact) mass is 360 g/mol. The van der Waals surface area contributed by atoms with Crippen LogP contribution < -0.4 is 0 Å². The van der Waals surface area contributed by atoms with Crippen molar-refractivity contribution in [3.05, 3.63) is 47.1 Å². The molecule has 146 valence electrons. The fourth-order valence-electron chi connectivity index (χ4n) is 3.73. The van der Waals surface area contributed by atoms with Gasteiger partial charge in [0.1, 0.15) is 0 Å². The number of rotatable bonds is 7. The number of allylic oxidation sites excluding steroid dienone is 6. The van der Waals surface area contributed by atoms with Crippen molar-refractivity contribution in [2.45, 2.75) is 78.6 Å². The molecule has 0 saturated carbocycles. The summed E-state index contributed by atoms with van der Waals surface area (Å²) in [5.74, 6) is 0. The second-order valence-corrected chi connectivity index (χ2v) is 8.57. The molecular weight excluding hydrogens is 324 g/mol. The standard InChI is InChI=1S/C23H36O3/c1-18(10-11-21-25-16-17-26-21)8-6-14-23(5,24)15-12-20-19(2)9-7-13-22(20,3)4/h6,8,12,14-15,21,24H,7,9-11,13,16-17H2,1-5H3. The molecule has 1 fully saturated rings. The fraction of sp³-hybridized carbons (Fsp3) is 0.652. The molecule has 1 aliphatic heterocycles. The third-order valence-corrected chi connectivity index (χ3v) is 5.41. The van der Waals surface area contributed by atoms with Gasteiger partial charge in [-0.1, -0.05) is 43.2 Å². The lowest BCUT2D eigenvalue weighted by Crippen LogP contribution is -2.21. The molecule has 0 aromatic rings. The van der Waals surface area contributed by atoms with Gasteiger partial charge in [0.05, 0.1) is 18.8 Å². The summed E-state index contributed by atoms with van der Waals surface area (Å²) < 4.78 is 10.9. The van der Waals surface area contributed by atoms with Crippen molar-refractivity contribution >= 4 is 0 Å². The molecule has 1 unspecified atom stereocenters. The quantitative estimate of drug-likeness (QED) is 0.611. The highest BCUT2D eigenvalue weighted by Crippen LogP contribution is 2.40. The lowest BCUT2D eigenvalue weighted by Gasteiger charge is -2.33. The maximum Gasteiger partial charge on any atom is 0.158 e. The summed E-state index contributed by atoms with van der Waals surface area (Å²) >= 11 is 0. The minimum atomic E-state index is -0.949. The lowest BCUT2D eigenvalue weighted by molar-refractivity contribution is -0.0461. The molecule has 1 saturated heterocycles. The summed E-state index contributed by atoms with van der Waals surface area (Å²) in [6.07, 6.45) is 15.3. The van der Waals surface area contributed by atoms with Crippen molar-refractivity contribution in [2.75, 3.05) is 13.2 Å². The molecule has 3 heteroatoms. The highest BCUT2D eigenvalue weighted by atomic mass is 16.7. The molecule has 3 nitrogen and oxygen atoms in total. The second-order valence-electron chi connectivity index (χ2n) is 8.57. The van der Waals surface area contributed by atoms with Crippen molar-refractivity contribution in [3.8, 4) is 0 Å². The molecule has 0 bridgehead atoms. The first-order valence-corrected chi connectivity index (χ1v) is 9.90. The number of hydrogen-bond donors (Lipinski definition) is 1. The summed E-state index contributed by atoms with van der Waals surface area (Å²) in [5, 5.41) is 10.7. The zero-order valence-electron chi connectivity index (χ0n) is 17.2. The van der Waals surface area contributed by atoms with E-state index in [1.807, 2.05) is 25.2 Å². The maximum atomic E-state index is 10.7. The summed E-state index contributed by atoms with van der Waals surface area (Å²) in [5.41, 5.74) is 3.33. The van der Waals surface area contributed by atoms with Gasteiger partial charge >= 0.3 is 0 Å². The Kier molecular flexibility index (Phi) is 7.45. The van der Waals surface area contributed by atoms with Gasteiger partial charge in [0.15, 0.2) is 6.29 Å². The molecule has 1 N–H and O–H groups in total. The summed E-state index contributed by atoms with van der Waals surface area (Å²) in [4.78, 5) is 0. The van der Waals surface area contributed by atoms with E-state index in [0.29, 0.717) is 13.2 Å². The maximum absolute atomic E-state index is 10.7. The molecular formula is C23H36O3. The van der Waals surface area contributed by atoms with Gasteiger partial charge in [0.2, 0.25) is 0 Å². The molecule has 0 amide bonds. The predicted molar refractivity (Wildman–Crippen MR) is 108 cm³/mol. The van der Waals surface area contributed by atoms with E-state index in [1.165, 1.54) is 29.6 Å². The van der Waals surface area contributed by atoms with Crippen LogP contribution in [0.4, 0.5) is 0 Å². The van der Waals surface area contributed by atoms with Gasteiger partial charge in [-0.3, -0.25) is 0 Å². The van der Waals surface area contributed by atoms with Crippen LogP contribution in [0.2, 0.25) is 0 Å². The molecule has 2 aliphatic rings. The van der Waals surface area contributed by atoms with E-state index in [1.54, 1.807) is 0 Å². The number of hydrogen-bond acceptors (Lipinski definition) is 3. The first kappa shape index (κ1) is 21.1. The Labute approximate surface area is 159 Å². The Morgan fingerprint density at radius 1 is 1.27 bits per heavy atom. The van der Waals surface area contributed by atoms with Crippen LogP contribution in [0.25, 0.3) is 0 Å². The molecule has 0 spiro atoms. The summed E-state index contributed by atoms with van der Waals surface area (Å²) in [7, 11) is 0. The van der Waals surface area contributed by atoms with Gasteiger partial charge in [-0.15, -0.1) is 0 Å². The fourth-order valence-corrected chi connectivity index (χ4v) is 3.73. The zero-order valence-corrected chi connectivity index (χ0v) is 17.2. The van der Waals surface area contributed by atoms with E-state index in [-0.39, 0.29) is 11.7 Å². The van der Waals surface area contributed by atoms with E-state index in [9.17, 15) is 5.11 Å². The van der Waals surface area contributed by atoms with E-state index in [2.05, 4.69) is 39.8 Å². The predicted octanol–water partition coefficient (Wildman–Crippen LogP) is 5.48. The van der Waals surface area contributed by atoms with Gasteiger partial charge in [-0.2, -0.15) is 0 Å². The summed E-state index contributed by atoms with van der Waals surface area (Å²) in [6, 6.07) is 0. The van der Waals surface area contributed by atoms with Crippen molar-refractivity contribution < 1.29 is 14.6 Å². The Morgan fingerprint density at radius 2 is 1.96 bits per heavy atom. The highest BCUT2D eigenvalue weighted by Gasteiger charge is 2.27. The summed E-state index contributed by atoms with van der Waals surface area (Å²) in [6.45, 7) is 12.1. The average Bonchev–Trinajstić information content (AvgIpc) is 3.05. The highest BCUT2D eigenvalue weighted by molar-refractivity contribution is 5.34. The van der Waals surface area contributed by atoms with Crippen LogP contribution >= 0.6 is 0 Å². The first-order valence-electron chi connectivity index (χ1n) is 9.90. The molecule has 0 radical (unpaired) electrons. The largest absolute Gasteiger partial charge is 0.382 e. The van der Waals surface area contributed by atoms with Crippen LogP contribution in [0.15, 0.2) is 47.1 Å². The van der Waals surface area contributed by atoms with Gasteiger partial charge in [-0.25, -0.2) is 0 Å². The van der Waals surface area contributed by atoms with Crippen molar-refractivity contribution in [1.82, 2.24) is 0 Å². The SMILES string of the molecule is CC(=CC=CC(C)(O)C=CC1=C(C)CCCC1(C)C)CCC1OCCO1.